The minimum absolute atomic E-state index is 0.00721. The molecule has 4 aromatic rings. The van der Waals surface area contributed by atoms with Gasteiger partial charge in [-0.25, -0.2) is 4.98 Å². The molecule has 1 N–H and O–H groups in total. The number of nitrogens with zero attached hydrogens (tertiary/aromatic N) is 3. The van der Waals surface area contributed by atoms with E-state index in [2.05, 4.69) is 25.9 Å². The predicted octanol–water partition coefficient (Wildman–Crippen LogP) is 5.48. The first-order valence-corrected chi connectivity index (χ1v) is 12.1. The zero-order valence-corrected chi connectivity index (χ0v) is 20.3. The summed E-state index contributed by atoms with van der Waals surface area (Å²) < 4.78 is 7.26. The molecule has 1 amide bonds. The molecule has 9 heteroatoms. The number of hydrogen-bond donors (Lipinski definition) is 1. The Bertz CT molecular complexity index is 1430. The minimum atomic E-state index is -0.840. The van der Waals surface area contributed by atoms with Crippen molar-refractivity contribution in [2.75, 3.05) is 11.5 Å². The molecular formula is C25H18BrN3O4S. The van der Waals surface area contributed by atoms with Crippen LogP contribution in [-0.2, 0) is 9.59 Å². The van der Waals surface area contributed by atoms with Crippen LogP contribution in [0.5, 0.6) is 5.75 Å². The van der Waals surface area contributed by atoms with E-state index in [1.165, 1.54) is 28.6 Å². The summed E-state index contributed by atoms with van der Waals surface area (Å²) in [5.41, 5.74) is 1.77. The van der Waals surface area contributed by atoms with Gasteiger partial charge < -0.3 is 9.84 Å². The Hall–Kier alpha value is -3.56. The number of ketones is 1. The van der Waals surface area contributed by atoms with Crippen LogP contribution in [0.4, 0.5) is 5.13 Å². The highest BCUT2D eigenvalue weighted by molar-refractivity contribution is 9.10. The Morgan fingerprint density at radius 2 is 1.85 bits per heavy atom. The Labute approximate surface area is 207 Å². The topological polar surface area (TPSA) is 92.6 Å². The third-order valence-corrected chi connectivity index (χ3v) is 7.00. The van der Waals surface area contributed by atoms with Crippen molar-refractivity contribution < 1.29 is 19.4 Å². The van der Waals surface area contributed by atoms with E-state index in [9.17, 15) is 14.7 Å². The van der Waals surface area contributed by atoms with Gasteiger partial charge in [-0.3, -0.25) is 19.5 Å². The average Bonchev–Trinajstić information content (AvgIpc) is 3.38. The number of aliphatic hydroxyl groups is 1. The number of Topliss-reactive ketones (excluding diaryl/α,β-unsaturated/α-hetero) is 1. The third kappa shape index (κ3) is 3.86. The van der Waals surface area contributed by atoms with Crippen molar-refractivity contribution in [1.29, 1.82) is 0 Å². The summed E-state index contributed by atoms with van der Waals surface area (Å²) in [6, 6.07) is 15.1. The molecule has 0 spiro atoms. The van der Waals surface area contributed by atoms with Crippen molar-refractivity contribution in [1.82, 2.24) is 9.97 Å². The number of carbonyl (C=O) groups excluding carboxylic acids is 2. The summed E-state index contributed by atoms with van der Waals surface area (Å²) in [4.78, 5) is 36.5. The number of ether oxygens (including phenoxy) is 1. The highest BCUT2D eigenvalue weighted by Crippen LogP contribution is 2.44. The lowest BCUT2D eigenvalue weighted by molar-refractivity contribution is -0.132. The van der Waals surface area contributed by atoms with Gasteiger partial charge in [0.2, 0.25) is 0 Å². The first kappa shape index (κ1) is 22.2. The SMILES string of the molecule is CCOc1ccc2nc(N3C(=O)C(=O)C(=C(O)c4ccncc4)C3c3ccc(Br)cc3)sc2c1. The largest absolute Gasteiger partial charge is 0.507 e. The maximum absolute atomic E-state index is 13.3. The van der Waals surface area contributed by atoms with Crippen LogP contribution in [0, 0.1) is 0 Å². The molecule has 1 saturated heterocycles. The first-order valence-electron chi connectivity index (χ1n) is 10.5. The number of hydrogen-bond acceptors (Lipinski definition) is 7. The van der Waals surface area contributed by atoms with Crippen molar-refractivity contribution in [2.45, 2.75) is 13.0 Å². The van der Waals surface area contributed by atoms with Gasteiger partial charge in [-0.2, -0.15) is 0 Å². The molecule has 0 saturated carbocycles. The van der Waals surface area contributed by atoms with Gasteiger partial charge in [-0.1, -0.05) is 39.4 Å². The smallest absolute Gasteiger partial charge is 0.301 e. The zero-order valence-electron chi connectivity index (χ0n) is 17.9. The van der Waals surface area contributed by atoms with E-state index < -0.39 is 17.7 Å². The first-order chi connectivity index (χ1) is 16.5. The van der Waals surface area contributed by atoms with Crippen LogP contribution >= 0.6 is 27.3 Å². The van der Waals surface area contributed by atoms with Crippen LogP contribution in [0.1, 0.15) is 24.1 Å². The van der Waals surface area contributed by atoms with Crippen molar-refractivity contribution in [3.05, 3.63) is 88.2 Å². The lowest BCUT2D eigenvalue weighted by atomic mass is 9.96. The van der Waals surface area contributed by atoms with Gasteiger partial charge >= 0.3 is 5.91 Å². The van der Waals surface area contributed by atoms with E-state index in [1.54, 1.807) is 12.1 Å². The number of aliphatic hydroxyl groups excluding tert-OH is 1. The van der Waals surface area contributed by atoms with E-state index in [0.29, 0.717) is 34.1 Å². The number of carbonyl (C=O) groups is 2. The summed E-state index contributed by atoms with van der Waals surface area (Å²) in [6.07, 6.45) is 3.03. The second-order valence-corrected chi connectivity index (χ2v) is 9.44. The number of halogens is 1. The van der Waals surface area contributed by atoms with Crippen molar-refractivity contribution in [2.24, 2.45) is 0 Å². The second kappa shape index (κ2) is 9.00. The van der Waals surface area contributed by atoms with Crippen molar-refractivity contribution in [3.8, 4) is 5.75 Å². The van der Waals surface area contributed by atoms with E-state index >= 15 is 0 Å². The molecule has 2 aromatic carbocycles. The Morgan fingerprint density at radius 1 is 1.12 bits per heavy atom. The molecule has 0 bridgehead atoms. The molecule has 1 fully saturated rings. The number of pyridine rings is 1. The number of thiazole rings is 1. The molecular weight excluding hydrogens is 518 g/mol. The van der Waals surface area contributed by atoms with Crippen LogP contribution in [0.15, 0.2) is 77.0 Å². The highest BCUT2D eigenvalue weighted by atomic mass is 79.9. The number of anilines is 1. The maximum Gasteiger partial charge on any atom is 0.301 e. The van der Waals surface area contributed by atoms with Gasteiger partial charge in [0, 0.05) is 22.4 Å². The monoisotopic (exact) mass is 535 g/mol. The molecule has 34 heavy (non-hydrogen) atoms. The number of fused-ring (bicyclic) bond motifs is 1. The fourth-order valence-corrected chi connectivity index (χ4v) is 5.19. The highest BCUT2D eigenvalue weighted by Gasteiger charge is 2.48. The van der Waals surface area contributed by atoms with E-state index in [0.717, 1.165) is 9.17 Å². The molecule has 1 aliphatic heterocycles. The van der Waals surface area contributed by atoms with Crippen LogP contribution < -0.4 is 9.64 Å². The zero-order chi connectivity index (χ0) is 23.8. The molecule has 5 rings (SSSR count). The summed E-state index contributed by atoms with van der Waals surface area (Å²) in [6.45, 7) is 2.44. The third-order valence-electron chi connectivity index (χ3n) is 5.45. The van der Waals surface area contributed by atoms with Gasteiger partial charge in [0.25, 0.3) is 5.78 Å². The number of amides is 1. The molecule has 0 aliphatic carbocycles. The lowest BCUT2D eigenvalue weighted by Crippen LogP contribution is -2.29. The Kier molecular flexibility index (Phi) is 5.89. The van der Waals surface area contributed by atoms with Gasteiger partial charge in [0.15, 0.2) is 5.13 Å². The summed E-state index contributed by atoms with van der Waals surface area (Å²) in [5.74, 6) is -1.06. The van der Waals surface area contributed by atoms with E-state index in [-0.39, 0.29) is 11.3 Å². The molecule has 3 heterocycles. The van der Waals surface area contributed by atoms with Crippen LogP contribution in [-0.4, -0.2) is 33.4 Å². The predicted molar refractivity (Wildman–Crippen MR) is 134 cm³/mol. The Balaban J connectivity index is 1.69. The number of benzene rings is 2. The van der Waals surface area contributed by atoms with Gasteiger partial charge in [-0.05, 0) is 55.0 Å². The molecule has 2 aromatic heterocycles. The van der Waals surface area contributed by atoms with E-state index in [4.69, 9.17) is 4.74 Å². The quantitative estimate of drug-likeness (QED) is 0.206. The summed E-state index contributed by atoms with van der Waals surface area (Å²) >= 11 is 4.71. The van der Waals surface area contributed by atoms with Crippen molar-refractivity contribution >= 4 is 60.1 Å². The standard InChI is InChI=1S/C25H18BrN3O4S/c1-2-33-17-7-8-18-19(13-17)34-25(28-18)29-21(14-3-5-16(26)6-4-14)20(23(31)24(29)32)22(30)15-9-11-27-12-10-15/h3-13,21,30H,2H2,1H3. The maximum atomic E-state index is 13.3. The van der Waals surface area contributed by atoms with E-state index in [1.807, 2.05) is 49.4 Å². The molecule has 1 unspecified atom stereocenters. The summed E-state index contributed by atoms with van der Waals surface area (Å²) in [5, 5.41) is 11.5. The van der Waals surface area contributed by atoms with Crippen LogP contribution in [0.25, 0.3) is 16.0 Å². The van der Waals surface area contributed by atoms with Gasteiger partial charge in [0.05, 0.1) is 28.4 Å². The molecule has 1 aliphatic rings. The Morgan fingerprint density at radius 3 is 2.56 bits per heavy atom. The molecule has 170 valence electrons. The van der Waals surface area contributed by atoms with Gasteiger partial charge in [0.1, 0.15) is 11.5 Å². The minimum Gasteiger partial charge on any atom is -0.507 e. The lowest BCUT2D eigenvalue weighted by Gasteiger charge is -2.23. The van der Waals surface area contributed by atoms with Crippen LogP contribution in [0.3, 0.4) is 0 Å². The number of aromatic nitrogens is 2. The fourth-order valence-electron chi connectivity index (χ4n) is 3.91. The molecule has 7 nitrogen and oxygen atoms in total. The van der Waals surface area contributed by atoms with Crippen molar-refractivity contribution in [3.63, 3.8) is 0 Å². The average molecular weight is 536 g/mol. The molecule has 1 atom stereocenters. The second-order valence-electron chi connectivity index (χ2n) is 7.52. The summed E-state index contributed by atoms with van der Waals surface area (Å²) in [7, 11) is 0. The van der Waals surface area contributed by atoms with Crippen LogP contribution in [0.2, 0.25) is 0 Å². The number of rotatable bonds is 5. The normalized spacial score (nSPS) is 17.5. The molecule has 0 radical (unpaired) electrons. The van der Waals surface area contributed by atoms with Gasteiger partial charge in [-0.15, -0.1) is 0 Å². The fraction of sp³-hybridized carbons (Fsp3) is 0.120.